The van der Waals surface area contributed by atoms with Crippen LogP contribution in [0, 0.1) is 6.92 Å². The van der Waals surface area contributed by atoms with E-state index < -0.39 is 11.7 Å². The zero-order valence-electron chi connectivity index (χ0n) is 14.2. The van der Waals surface area contributed by atoms with Gasteiger partial charge in [-0.2, -0.15) is 13.2 Å². The summed E-state index contributed by atoms with van der Waals surface area (Å²) in [6, 6.07) is 5.35. The van der Waals surface area contributed by atoms with Crippen molar-refractivity contribution in [1.82, 2.24) is 15.0 Å². The van der Waals surface area contributed by atoms with Crippen molar-refractivity contribution in [2.24, 2.45) is 0 Å². The number of pyridine rings is 1. The lowest BCUT2D eigenvalue weighted by atomic mass is 10.1. The van der Waals surface area contributed by atoms with E-state index in [9.17, 15) is 13.2 Å². The maximum Gasteiger partial charge on any atom is 0.416 e. The van der Waals surface area contributed by atoms with Crippen LogP contribution in [0.2, 0.25) is 5.02 Å². The molecule has 26 heavy (non-hydrogen) atoms. The van der Waals surface area contributed by atoms with E-state index in [0.717, 1.165) is 12.2 Å². The van der Waals surface area contributed by atoms with E-state index in [-0.39, 0.29) is 6.54 Å². The predicted octanol–water partition coefficient (Wildman–Crippen LogP) is 5.10. The lowest BCUT2D eigenvalue weighted by Crippen LogP contribution is -2.29. The maximum atomic E-state index is 13.0. The van der Waals surface area contributed by atoms with Crippen LogP contribution in [0.25, 0.3) is 11.5 Å². The van der Waals surface area contributed by atoms with Crippen molar-refractivity contribution >= 4 is 17.4 Å². The molecule has 0 saturated heterocycles. The molecule has 0 fully saturated rings. The summed E-state index contributed by atoms with van der Waals surface area (Å²) in [6.07, 6.45) is -0.0767. The summed E-state index contributed by atoms with van der Waals surface area (Å²) >= 11 is 6.38. The lowest BCUT2D eigenvalue weighted by molar-refractivity contribution is -0.0886. The van der Waals surface area contributed by atoms with Gasteiger partial charge in [0.15, 0.2) is 11.6 Å². The molecular weight excluding hydrogens is 365 g/mol. The summed E-state index contributed by atoms with van der Waals surface area (Å²) in [7, 11) is 0. The molecule has 2 aromatic rings. The predicted molar refractivity (Wildman–Crippen MR) is 94.9 cm³/mol. The van der Waals surface area contributed by atoms with Gasteiger partial charge in [0.2, 0.25) is 0 Å². The van der Waals surface area contributed by atoms with Crippen molar-refractivity contribution in [2.45, 2.75) is 26.4 Å². The van der Waals surface area contributed by atoms with Crippen LogP contribution in [0.15, 0.2) is 47.8 Å². The summed E-state index contributed by atoms with van der Waals surface area (Å²) in [6.45, 7) is 3.56. The third kappa shape index (κ3) is 3.58. The fourth-order valence-corrected chi connectivity index (χ4v) is 2.86. The number of hydrogen-bond acceptors (Lipinski definition) is 4. The Balaban J connectivity index is 2.06. The van der Waals surface area contributed by atoms with Gasteiger partial charge in [-0.15, -0.1) is 0 Å². The van der Waals surface area contributed by atoms with Gasteiger partial charge in [-0.05, 0) is 31.6 Å². The first-order valence-corrected chi connectivity index (χ1v) is 8.40. The summed E-state index contributed by atoms with van der Waals surface area (Å²) < 4.78 is 39.1. The Morgan fingerprint density at radius 3 is 2.62 bits per heavy atom. The molecule has 3 rings (SSSR count). The number of hydrogen-bond donors (Lipinski definition) is 0. The number of allylic oxidation sites excluding steroid dienone is 3. The minimum atomic E-state index is -4.38. The van der Waals surface area contributed by atoms with Crippen LogP contribution in [0.3, 0.4) is 0 Å². The molecule has 0 saturated carbocycles. The number of aromatic nitrogens is 3. The van der Waals surface area contributed by atoms with Gasteiger partial charge in [-0.25, -0.2) is 9.97 Å². The molecule has 3 heterocycles. The Bertz CT molecular complexity index is 876. The van der Waals surface area contributed by atoms with Gasteiger partial charge in [0, 0.05) is 18.4 Å². The molecular formula is C18H16ClF3N4. The van der Waals surface area contributed by atoms with Crippen molar-refractivity contribution in [3.63, 3.8) is 0 Å². The largest absolute Gasteiger partial charge is 0.416 e. The van der Waals surface area contributed by atoms with Crippen LogP contribution < -0.4 is 4.90 Å². The fraction of sp³-hybridized carbons (Fsp3) is 0.278. The smallest absolute Gasteiger partial charge is 0.325 e. The maximum absolute atomic E-state index is 13.0. The monoisotopic (exact) mass is 380 g/mol. The second-order valence-electron chi connectivity index (χ2n) is 5.74. The highest BCUT2D eigenvalue weighted by atomic mass is 35.5. The van der Waals surface area contributed by atoms with Gasteiger partial charge >= 0.3 is 6.18 Å². The second-order valence-corrected chi connectivity index (χ2v) is 6.12. The Morgan fingerprint density at radius 1 is 1.23 bits per heavy atom. The summed E-state index contributed by atoms with van der Waals surface area (Å²) in [5, 5.41) is 0.313. The van der Waals surface area contributed by atoms with Crippen LogP contribution in [-0.2, 0) is 0 Å². The average Bonchev–Trinajstić information content (AvgIpc) is 2.63. The molecule has 2 aromatic heterocycles. The molecule has 136 valence electrons. The molecule has 0 bridgehead atoms. The highest BCUT2D eigenvalue weighted by molar-refractivity contribution is 6.33. The molecule has 8 heteroatoms. The van der Waals surface area contributed by atoms with E-state index in [1.165, 1.54) is 0 Å². The van der Waals surface area contributed by atoms with E-state index in [4.69, 9.17) is 11.6 Å². The van der Waals surface area contributed by atoms with Gasteiger partial charge in [0.05, 0.1) is 11.3 Å². The Labute approximate surface area is 154 Å². The minimum absolute atomic E-state index is 0.0341. The first kappa shape index (κ1) is 18.4. The highest BCUT2D eigenvalue weighted by Crippen LogP contribution is 2.36. The molecule has 0 aromatic carbocycles. The number of nitrogens with zero attached hydrogens (tertiary/aromatic N) is 4. The van der Waals surface area contributed by atoms with E-state index in [2.05, 4.69) is 15.0 Å². The van der Waals surface area contributed by atoms with Gasteiger partial charge < -0.3 is 4.90 Å². The van der Waals surface area contributed by atoms with Gasteiger partial charge in [0.1, 0.15) is 10.7 Å². The summed E-state index contributed by atoms with van der Waals surface area (Å²) in [5.74, 6) is 0.758. The fourth-order valence-electron chi connectivity index (χ4n) is 2.67. The Kier molecular flexibility index (Phi) is 5.00. The van der Waals surface area contributed by atoms with E-state index in [0.29, 0.717) is 40.2 Å². The van der Waals surface area contributed by atoms with Gasteiger partial charge in [-0.1, -0.05) is 30.7 Å². The molecule has 1 aliphatic heterocycles. The first-order valence-electron chi connectivity index (χ1n) is 8.02. The van der Waals surface area contributed by atoms with Crippen molar-refractivity contribution in [3.05, 3.63) is 58.5 Å². The van der Waals surface area contributed by atoms with Crippen molar-refractivity contribution in [1.29, 1.82) is 0 Å². The van der Waals surface area contributed by atoms with Crippen LogP contribution in [-0.4, -0.2) is 27.7 Å². The van der Waals surface area contributed by atoms with E-state index in [1.807, 2.05) is 6.07 Å². The molecule has 0 N–H and O–H groups in total. The van der Waals surface area contributed by atoms with Crippen LogP contribution in [0.1, 0.15) is 19.0 Å². The molecule has 4 nitrogen and oxygen atoms in total. The second kappa shape index (κ2) is 7.07. The highest BCUT2D eigenvalue weighted by Gasteiger charge is 2.35. The number of halogens is 4. The van der Waals surface area contributed by atoms with Crippen LogP contribution in [0.5, 0.6) is 0 Å². The van der Waals surface area contributed by atoms with Crippen LogP contribution >= 0.6 is 11.6 Å². The summed E-state index contributed by atoms with van der Waals surface area (Å²) in [4.78, 5) is 14.7. The standard InChI is InChI=1S/C18H16ClF3N4/c1-3-13-10-12(18(20,21)22)7-9-26(13)17-15(19)11(2)24-16(25-17)14-6-4-5-8-23-14/h4-8,10H,3,9H2,1-2H3. The lowest BCUT2D eigenvalue weighted by Gasteiger charge is -2.30. The molecule has 1 aliphatic rings. The zero-order chi connectivity index (χ0) is 18.9. The topological polar surface area (TPSA) is 41.9 Å². The quantitative estimate of drug-likeness (QED) is 0.742. The van der Waals surface area contributed by atoms with Crippen molar-refractivity contribution in [2.75, 3.05) is 11.4 Å². The number of anilines is 1. The normalized spacial score (nSPS) is 14.9. The van der Waals surface area contributed by atoms with E-state index >= 15 is 0 Å². The SMILES string of the molecule is CCC1=CC(C(F)(F)F)=CCN1c1nc(-c2ccccn2)nc(C)c1Cl. The molecule has 0 amide bonds. The number of aryl methyl sites for hydroxylation is 1. The van der Waals surface area contributed by atoms with Crippen molar-refractivity contribution < 1.29 is 13.2 Å². The molecule has 0 spiro atoms. The Morgan fingerprint density at radius 2 is 2.00 bits per heavy atom. The third-order valence-corrected chi connectivity index (χ3v) is 4.44. The zero-order valence-corrected chi connectivity index (χ0v) is 14.9. The first-order chi connectivity index (χ1) is 12.3. The molecule has 0 aliphatic carbocycles. The molecule has 0 unspecified atom stereocenters. The van der Waals surface area contributed by atoms with E-state index in [1.54, 1.807) is 37.1 Å². The number of alkyl halides is 3. The molecule has 0 radical (unpaired) electrons. The number of rotatable bonds is 3. The Hall–Kier alpha value is -2.41. The van der Waals surface area contributed by atoms with Gasteiger partial charge in [0.25, 0.3) is 0 Å². The minimum Gasteiger partial charge on any atom is -0.325 e. The van der Waals surface area contributed by atoms with Gasteiger partial charge in [-0.3, -0.25) is 4.98 Å². The van der Waals surface area contributed by atoms with Crippen LogP contribution in [0.4, 0.5) is 19.0 Å². The molecule has 0 atom stereocenters. The summed E-state index contributed by atoms with van der Waals surface area (Å²) in [5.41, 5.74) is 0.946. The van der Waals surface area contributed by atoms with Crippen molar-refractivity contribution in [3.8, 4) is 11.5 Å². The third-order valence-electron chi connectivity index (χ3n) is 4.00. The average molecular weight is 381 g/mol.